The van der Waals surface area contributed by atoms with Crippen molar-refractivity contribution in [3.8, 4) is 0 Å². The quantitative estimate of drug-likeness (QED) is 0.531. The summed E-state index contributed by atoms with van der Waals surface area (Å²) in [6.45, 7) is 0. The molecule has 0 aromatic carbocycles. The third kappa shape index (κ3) is 1.05. The molecular weight excluding hydrogens is 192 g/mol. The highest BCUT2D eigenvalue weighted by Crippen LogP contribution is 2.49. The summed E-state index contributed by atoms with van der Waals surface area (Å²) >= 11 is 0. The van der Waals surface area contributed by atoms with Crippen LogP contribution in [0.4, 0.5) is 0 Å². The van der Waals surface area contributed by atoms with Crippen LogP contribution >= 0.6 is 0 Å². The molecule has 0 saturated heterocycles. The molecule has 0 aliphatic heterocycles. The molecule has 4 aliphatic rings. The third-order valence-corrected chi connectivity index (χ3v) is 4.50. The fourth-order valence-corrected chi connectivity index (χ4v) is 3.80. The van der Waals surface area contributed by atoms with E-state index >= 15 is 0 Å². The normalized spacial score (nSPS) is 42.5. The Hall–Kier alpha value is -1.30. The maximum Gasteiger partial charge on any atom is 0.0167 e. The summed E-state index contributed by atoms with van der Waals surface area (Å²) < 4.78 is 0. The Morgan fingerprint density at radius 3 is 2.94 bits per heavy atom. The Morgan fingerprint density at radius 2 is 1.94 bits per heavy atom. The molecule has 0 N–H and O–H groups in total. The summed E-state index contributed by atoms with van der Waals surface area (Å²) in [6.07, 6.45) is 21.6. The van der Waals surface area contributed by atoms with Crippen LogP contribution < -0.4 is 0 Å². The van der Waals surface area contributed by atoms with E-state index in [0.717, 1.165) is 18.3 Å². The lowest BCUT2D eigenvalue weighted by atomic mass is 9.61. The molecule has 4 rings (SSSR count). The fraction of sp³-hybridized carbons (Fsp3) is 0.375. The Morgan fingerprint density at radius 1 is 0.938 bits per heavy atom. The van der Waals surface area contributed by atoms with E-state index in [4.69, 9.17) is 0 Å². The van der Waals surface area contributed by atoms with Gasteiger partial charge in [-0.05, 0) is 30.3 Å². The molecule has 16 heavy (non-hydrogen) atoms. The zero-order chi connectivity index (χ0) is 10.5. The molecule has 0 amide bonds. The first-order valence-corrected chi connectivity index (χ1v) is 6.36. The standard InChI is InChI=1S/C16H16/c1-3-11-7-9-13-5-2-6-14-10-8-12(4-1)15(11)16(13)14/h1-3,5,7-13,15H,4,6H2. The molecule has 4 unspecified atom stereocenters. The second kappa shape index (κ2) is 3.10. The van der Waals surface area contributed by atoms with Crippen molar-refractivity contribution in [2.24, 2.45) is 23.7 Å². The lowest BCUT2D eigenvalue weighted by Gasteiger charge is -2.43. The van der Waals surface area contributed by atoms with Crippen LogP contribution in [0.15, 0.2) is 59.8 Å². The molecular formula is C16H16. The number of hydrogen-bond donors (Lipinski definition) is 0. The van der Waals surface area contributed by atoms with Crippen LogP contribution in [0.5, 0.6) is 0 Å². The van der Waals surface area contributed by atoms with Gasteiger partial charge in [0.15, 0.2) is 0 Å². The molecule has 0 bridgehead atoms. The van der Waals surface area contributed by atoms with Gasteiger partial charge in [-0.1, -0.05) is 54.2 Å². The van der Waals surface area contributed by atoms with Gasteiger partial charge in [0.05, 0.1) is 0 Å². The average Bonchev–Trinajstić information content (AvgIpc) is 2.36. The maximum atomic E-state index is 2.45. The lowest BCUT2D eigenvalue weighted by Crippen LogP contribution is -2.33. The number of hydrogen-bond acceptors (Lipinski definition) is 0. The van der Waals surface area contributed by atoms with E-state index in [1.54, 1.807) is 11.1 Å². The topological polar surface area (TPSA) is 0 Å². The zero-order valence-corrected chi connectivity index (χ0v) is 9.34. The summed E-state index contributed by atoms with van der Waals surface area (Å²) in [5.41, 5.74) is 3.32. The highest BCUT2D eigenvalue weighted by Gasteiger charge is 2.38. The number of rotatable bonds is 0. The third-order valence-electron chi connectivity index (χ3n) is 4.50. The van der Waals surface area contributed by atoms with Gasteiger partial charge in [0, 0.05) is 11.8 Å². The largest absolute Gasteiger partial charge is 0.0873 e. The Balaban J connectivity index is 1.92. The average molecular weight is 208 g/mol. The Bertz CT molecular complexity index is 470. The van der Waals surface area contributed by atoms with Gasteiger partial charge in [0.25, 0.3) is 0 Å². The van der Waals surface area contributed by atoms with Gasteiger partial charge in [0.1, 0.15) is 0 Å². The molecule has 0 fully saturated rings. The summed E-state index contributed by atoms with van der Waals surface area (Å²) in [5, 5.41) is 0. The van der Waals surface area contributed by atoms with E-state index in [9.17, 15) is 0 Å². The van der Waals surface area contributed by atoms with E-state index in [-0.39, 0.29) is 0 Å². The highest BCUT2D eigenvalue weighted by molar-refractivity contribution is 5.46. The monoisotopic (exact) mass is 208 g/mol. The van der Waals surface area contributed by atoms with E-state index in [0.29, 0.717) is 11.8 Å². The Labute approximate surface area is 96.7 Å². The van der Waals surface area contributed by atoms with Crippen molar-refractivity contribution in [2.75, 3.05) is 0 Å². The van der Waals surface area contributed by atoms with Gasteiger partial charge in [-0.3, -0.25) is 0 Å². The summed E-state index contributed by atoms with van der Waals surface area (Å²) in [4.78, 5) is 0. The minimum atomic E-state index is 0.601. The molecule has 4 atom stereocenters. The summed E-state index contributed by atoms with van der Waals surface area (Å²) in [7, 11) is 0. The predicted octanol–water partition coefficient (Wildman–Crippen LogP) is 3.81. The fourth-order valence-electron chi connectivity index (χ4n) is 3.80. The first kappa shape index (κ1) is 8.81. The van der Waals surface area contributed by atoms with Gasteiger partial charge in [-0.2, -0.15) is 0 Å². The predicted molar refractivity (Wildman–Crippen MR) is 66.8 cm³/mol. The second-order valence-electron chi connectivity index (χ2n) is 5.31. The van der Waals surface area contributed by atoms with Crippen molar-refractivity contribution < 1.29 is 0 Å². The summed E-state index contributed by atoms with van der Waals surface area (Å²) in [6, 6.07) is 0. The van der Waals surface area contributed by atoms with Gasteiger partial charge >= 0.3 is 0 Å². The second-order valence-corrected chi connectivity index (χ2v) is 5.31. The van der Waals surface area contributed by atoms with Gasteiger partial charge in [0.2, 0.25) is 0 Å². The highest BCUT2D eigenvalue weighted by atomic mass is 14.4. The SMILES string of the molecule is C1=CC2C=CC3C=CCC4C=CC(=C2C34)C1. The maximum absolute atomic E-state index is 2.45. The zero-order valence-electron chi connectivity index (χ0n) is 9.34. The minimum absolute atomic E-state index is 0.601. The molecule has 4 aliphatic carbocycles. The van der Waals surface area contributed by atoms with Crippen LogP contribution in [0, 0.1) is 23.7 Å². The molecule has 0 saturated carbocycles. The molecule has 80 valence electrons. The first-order chi connectivity index (χ1) is 7.93. The first-order valence-electron chi connectivity index (χ1n) is 6.36. The van der Waals surface area contributed by atoms with Crippen LogP contribution in [-0.4, -0.2) is 0 Å². The molecule has 0 heteroatoms. The molecule has 0 heterocycles. The molecule has 0 aromatic rings. The van der Waals surface area contributed by atoms with Crippen LogP contribution in [-0.2, 0) is 0 Å². The lowest BCUT2D eigenvalue weighted by molar-refractivity contribution is 0.346. The van der Waals surface area contributed by atoms with Crippen LogP contribution in [0.25, 0.3) is 0 Å². The van der Waals surface area contributed by atoms with Crippen LogP contribution in [0.3, 0.4) is 0 Å². The van der Waals surface area contributed by atoms with Gasteiger partial charge < -0.3 is 0 Å². The molecule has 0 spiro atoms. The van der Waals surface area contributed by atoms with Crippen molar-refractivity contribution in [3.63, 3.8) is 0 Å². The van der Waals surface area contributed by atoms with E-state index in [2.05, 4.69) is 48.6 Å². The molecule has 0 aromatic heterocycles. The molecule has 0 nitrogen and oxygen atoms in total. The van der Waals surface area contributed by atoms with Crippen LogP contribution in [0.2, 0.25) is 0 Å². The van der Waals surface area contributed by atoms with Crippen molar-refractivity contribution in [3.05, 3.63) is 59.8 Å². The van der Waals surface area contributed by atoms with E-state index in [1.807, 2.05) is 0 Å². The van der Waals surface area contributed by atoms with Crippen molar-refractivity contribution in [1.29, 1.82) is 0 Å². The van der Waals surface area contributed by atoms with Crippen molar-refractivity contribution in [2.45, 2.75) is 12.8 Å². The minimum Gasteiger partial charge on any atom is -0.0873 e. The van der Waals surface area contributed by atoms with E-state index in [1.165, 1.54) is 6.42 Å². The smallest absolute Gasteiger partial charge is 0.0167 e. The van der Waals surface area contributed by atoms with Crippen molar-refractivity contribution >= 4 is 0 Å². The van der Waals surface area contributed by atoms with Gasteiger partial charge in [-0.25, -0.2) is 0 Å². The summed E-state index contributed by atoms with van der Waals surface area (Å²) in [5.74, 6) is 2.79. The van der Waals surface area contributed by atoms with Crippen molar-refractivity contribution in [1.82, 2.24) is 0 Å². The van der Waals surface area contributed by atoms with Crippen LogP contribution in [0.1, 0.15) is 12.8 Å². The molecule has 0 radical (unpaired) electrons. The Kier molecular flexibility index (Phi) is 1.71. The number of allylic oxidation sites excluding steroid dienone is 10. The van der Waals surface area contributed by atoms with E-state index < -0.39 is 0 Å². The van der Waals surface area contributed by atoms with Gasteiger partial charge in [-0.15, -0.1) is 0 Å².